The molecule has 0 unspecified atom stereocenters. The number of benzene rings is 2. The molecular weight excluding hydrogens is 464 g/mol. The molecule has 0 amide bonds. The molecule has 2 aromatic carbocycles. The van der Waals surface area contributed by atoms with Gasteiger partial charge in [-0.05, 0) is 62.4 Å². The van der Waals surface area contributed by atoms with Crippen LogP contribution < -0.4 is 11.1 Å². The summed E-state index contributed by atoms with van der Waals surface area (Å²) in [6.07, 6.45) is 6.46. The molecule has 0 bridgehead atoms. The van der Waals surface area contributed by atoms with E-state index in [4.69, 9.17) is 15.7 Å². The number of pyridine rings is 1. The second-order valence-corrected chi connectivity index (χ2v) is 9.78. The molecular formula is C29H28N6O2. The van der Waals surface area contributed by atoms with Crippen molar-refractivity contribution in [3.05, 3.63) is 78.4 Å². The van der Waals surface area contributed by atoms with Gasteiger partial charge in [0.2, 0.25) is 0 Å². The van der Waals surface area contributed by atoms with Gasteiger partial charge < -0.3 is 16.2 Å². The van der Waals surface area contributed by atoms with Crippen LogP contribution in [-0.4, -0.2) is 30.4 Å². The van der Waals surface area contributed by atoms with Crippen LogP contribution in [0.4, 0.5) is 17.3 Å². The normalized spacial score (nSPS) is 17.8. The van der Waals surface area contributed by atoms with E-state index in [0.717, 1.165) is 63.4 Å². The second-order valence-electron chi connectivity index (χ2n) is 9.78. The summed E-state index contributed by atoms with van der Waals surface area (Å²) >= 11 is 0. The minimum Gasteiger partial charge on any atom is -0.481 e. The number of carboxylic acids is 1. The predicted molar refractivity (Wildman–Crippen MR) is 145 cm³/mol. The summed E-state index contributed by atoms with van der Waals surface area (Å²) in [7, 11) is 0. The molecule has 0 saturated heterocycles. The van der Waals surface area contributed by atoms with Gasteiger partial charge in [0.15, 0.2) is 0 Å². The van der Waals surface area contributed by atoms with Gasteiger partial charge in [-0.2, -0.15) is 0 Å². The SMILES string of the molecule is Cc1cc(Nc2ccccc2)nc2cc(-c3nc(C4CCC(C(=O)O)CC4)n4ccnc(N)c34)ccc12. The number of nitrogens with two attached hydrogens (primary N) is 1. The molecule has 1 aliphatic carbocycles. The fourth-order valence-corrected chi connectivity index (χ4v) is 5.46. The van der Waals surface area contributed by atoms with E-state index in [-0.39, 0.29) is 11.8 Å². The number of imidazole rings is 1. The number of para-hydroxylation sites is 1. The first kappa shape index (κ1) is 23.0. The van der Waals surface area contributed by atoms with Crippen molar-refractivity contribution in [1.82, 2.24) is 19.4 Å². The third kappa shape index (κ3) is 4.24. The number of aliphatic carboxylic acids is 1. The molecule has 1 saturated carbocycles. The van der Waals surface area contributed by atoms with E-state index in [1.54, 1.807) is 6.20 Å². The highest BCUT2D eigenvalue weighted by atomic mass is 16.4. The van der Waals surface area contributed by atoms with Crippen molar-refractivity contribution in [3.8, 4) is 11.3 Å². The molecule has 3 heterocycles. The zero-order chi connectivity index (χ0) is 25.5. The summed E-state index contributed by atoms with van der Waals surface area (Å²) < 4.78 is 2.03. The number of aryl methyl sites for hydroxylation is 1. The van der Waals surface area contributed by atoms with Crippen LogP contribution in [0, 0.1) is 12.8 Å². The van der Waals surface area contributed by atoms with Gasteiger partial charge in [0.25, 0.3) is 0 Å². The predicted octanol–water partition coefficient (Wildman–Crippen LogP) is 5.94. The van der Waals surface area contributed by atoms with E-state index in [2.05, 4.69) is 41.5 Å². The number of fused-ring (bicyclic) bond motifs is 2. The van der Waals surface area contributed by atoms with Gasteiger partial charge in [-0.3, -0.25) is 9.20 Å². The maximum absolute atomic E-state index is 11.4. The maximum atomic E-state index is 11.4. The summed E-state index contributed by atoms with van der Waals surface area (Å²) in [5.74, 6) is 1.29. The third-order valence-corrected chi connectivity index (χ3v) is 7.39. The Morgan fingerprint density at radius 1 is 1.05 bits per heavy atom. The Morgan fingerprint density at radius 3 is 2.59 bits per heavy atom. The molecule has 6 rings (SSSR count). The molecule has 186 valence electrons. The van der Waals surface area contributed by atoms with E-state index in [1.165, 1.54) is 0 Å². The van der Waals surface area contributed by atoms with Crippen LogP contribution >= 0.6 is 0 Å². The molecule has 5 aromatic rings. The molecule has 0 aliphatic heterocycles. The summed E-state index contributed by atoms with van der Waals surface area (Å²) in [5.41, 5.74) is 11.8. The van der Waals surface area contributed by atoms with E-state index in [0.29, 0.717) is 18.7 Å². The number of carboxylic acid groups (broad SMARTS) is 1. The van der Waals surface area contributed by atoms with Gasteiger partial charge in [0.05, 0.1) is 11.4 Å². The van der Waals surface area contributed by atoms with Crippen LogP contribution in [-0.2, 0) is 4.79 Å². The van der Waals surface area contributed by atoms with Crippen molar-refractivity contribution in [2.45, 2.75) is 38.5 Å². The highest BCUT2D eigenvalue weighted by Gasteiger charge is 2.30. The number of nitrogens with zero attached hydrogens (tertiary/aromatic N) is 4. The summed E-state index contributed by atoms with van der Waals surface area (Å²) in [6, 6.07) is 18.2. The van der Waals surface area contributed by atoms with Crippen LogP contribution in [0.25, 0.3) is 27.7 Å². The van der Waals surface area contributed by atoms with E-state index in [9.17, 15) is 9.90 Å². The zero-order valence-corrected chi connectivity index (χ0v) is 20.6. The minimum atomic E-state index is -0.708. The van der Waals surface area contributed by atoms with Crippen LogP contribution in [0.5, 0.6) is 0 Å². The molecule has 4 N–H and O–H groups in total. The van der Waals surface area contributed by atoms with Crippen LogP contribution in [0.3, 0.4) is 0 Å². The van der Waals surface area contributed by atoms with Crippen molar-refractivity contribution in [1.29, 1.82) is 0 Å². The molecule has 8 heteroatoms. The number of carbonyl (C=O) groups is 1. The topological polar surface area (TPSA) is 118 Å². The van der Waals surface area contributed by atoms with Crippen molar-refractivity contribution in [3.63, 3.8) is 0 Å². The lowest BCUT2D eigenvalue weighted by Gasteiger charge is -2.25. The number of anilines is 3. The Hall–Kier alpha value is -4.46. The lowest BCUT2D eigenvalue weighted by molar-refractivity contribution is -0.142. The molecule has 1 fully saturated rings. The van der Waals surface area contributed by atoms with E-state index in [1.807, 2.05) is 40.9 Å². The van der Waals surface area contributed by atoms with Crippen LogP contribution in [0.15, 0.2) is 67.0 Å². The molecule has 0 radical (unpaired) electrons. The average molecular weight is 493 g/mol. The van der Waals surface area contributed by atoms with Gasteiger partial charge in [-0.15, -0.1) is 0 Å². The van der Waals surface area contributed by atoms with Crippen molar-refractivity contribution in [2.24, 2.45) is 5.92 Å². The fourth-order valence-electron chi connectivity index (χ4n) is 5.46. The summed E-state index contributed by atoms with van der Waals surface area (Å²) in [4.78, 5) is 25.8. The third-order valence-electron chi connectivity index (χ3n) is 7.39. The smallest absolute Gasteiger partial charge is 0.306 e. The van der Waals surface area contributed by atoms with Gasteiger partial charge in [-0.25, -0.2) is 15.0 Å². The van der Waals surface area contributed by atoms with Gasteiger partial charge >= 0.3 is 5.97 Å². The number of nitrogens with one attached hydrogen (secondary N) is 1. The van der Waals surface area contributed by atoms with Crippen LogP contribution in [0.1, 0.15) is 43.0 Å². The number of aromatic nitrogens is 4. The van der Waals surface area contributed by atoms with E-state index >= 15 is 0 Å². The zero-order valence-electron chi connectivity index (χ0n) is 20.6. The minimum absolute atomic E-state index is 0.168. The van der Waals surface area contributed by atoms with Gasteiger partial charge in [-0.1, -0.05) is 30.3 Å². The standard InChI is InChI=1S/C29H28N6O2/c1-17-15-24(32-21-5-3-2-4-6-21)33-23-16-20(11-12-22(17)23)25-26-27(30)31-13-14-35(26)28(34-25)18-7-9-19(10-8-18)29(36)37/h2-6,11-16,18-19H,7-10H2,1H3,(H2,30,31)(H,32,33)(H,36,37). The largest absolute Gasteiger partial charge is 0.481 e. The lowest BCUT2D eigenvalue weighted by atomic mass is 9.81. The first-order chi connectivity index (χ1) is 18.0. The Balaban J connectivity index is 1.42. The van der Waals surface area contributed by atoms with E-state index < -0.39 is 5.97 Å². The molecule has 3 aromatic heterocycles. The Labute approximate surface area is 214 Å². The van der Waals surface area contributed by atoms with Crippen molar-refractivity contribution >= 4 is 39.7 Å². The molecule has 37 heavy (non-hydrogen) atoms. The molecule has 0 spiro atoms. The quantitative estimate of drug-likeness (QED) is 0.278. The lowest BCUT2D eigenvalue weighted by Crippen LogP contribution is -2.21. The molecule has 0 atom stereocenters. The number of rotatable bonds is 5. The summed E-state index contributed by atoms with van der Waals surface area (Å²) in [6.45, 7) is 2.08. The van der Waals surface area contributed by atoms with Gasteiger partial charge in [0, 0.05) is 34.9 Å². The number of hydrogen-bond donors (Lipinski definition) is 3. The number of hydrogen-bond acceptors (Lipinski definition) is 6. The monoisotopic (exact) mass is 492 g/mol. The Kier molecular flexibility index (Phi) is 5.71. The first-order valence-corrected chi connectivity index (χ1v) is 12.6. The number of nitrogen functional groups attached to an aromatic ring is 1. The highest BCUT2D eigenvalue weighted by molar-refractivity contribution is 5.92. The first-order valence-electron chi connectivity index (χ1n) is 12.6. The highest BCUT2D eigenvalue weighted by Crippen LogP contribution is 2.39. The van der Waals surface area contributed by atoms with Crippen molar-refractivity contribution < 1.29 is 9.90 Å². The van der Waals surface area contributed by atoms with Gasteiger partial charge in [0.1, 0.15) is 28.7 Å². The second kappa shape index (κ2) is 9.20. The Morgan fingerprint density at radius 2 is 1.84 bits per heavy atom. The average Bonchev–Trinajstić information content (AvgIpc) is 3.30. The van der Waals surface area contributed by atoms with Crippen molar-refractivity contribution in [2.75, 3.05) is 11.1 Å². The fraction of sp³-hybridized carbons (Fsp3) is 0.241. The molecule has 8 nitrogen and oxygen atoms in total. The molecule has 1 aliphatic rings. The Bertz CT molecular complexity index is 1620. The van der Waals surface area contributed by atoms with Crippen LogP contribution in [0.2, 0.25) is 0 Å². The summed E-state index contributed by atoms with van der Waals surface area (Å²) in [5, 5.41) is 13.9. The maximum Gasteiger partial charge on any atom is 0.306 e.